The van der Waals surface area contributed by atoms with Crippen LogP contribution in [0.5, 0.6) is 0 Å². The fourth-order valence-corrected chi connectivity index (χ4v) is 5.70. The van der Waals surface area contributed by atoms with Gasteiger partial charge in [-0.3, -0.25) is 9.59 Å². The van der Waals surface area contributed by atoms with Crippen molar-refractivity contribution in [3.05, 3.63) is 0 Å². The van der Waals surface area contributed by atoms with Gasteiger partial charge in [-0.2, -0.15) is 0 Å². The zero-order valence-electron chi connectivity index (χ0n) is 31.0. The van der Waals surface area contributed by atoms with Crippen LogP contribution in [0.2, 0.25) is 0 Å². The molecule has 6 heteroatoms. The van der Waals surface area contributed by atoms with E-state index in [1.54, 1.807) is 0 Å². The molecule has 0 spiro atoms. The zero-order chi connectivity index (χ0) is 33.6. The van der Waals surface area contributed by atoms with Crippen molar-refractivity contribution in [1.82, 2.24) is 4.90 Å². The van der Waals surface area contributed by atoms with Crippen molar-refractivity contribution in [2.24, 2.45) is 0 Å². The molecule has 2 atom stereocenters. The minimum absolute atomic E-state index is 0.00987. The lowest BCUT2D eigenvalue weighted by Gasteiger charge is -2.21. The average Bonchev–Trinajstić information content (AvgIpc) is 3.04. The fraction of sp³-hybridized carbons (Fsp3) is 0.949. The van der Waals surface area contributed by atoms with Crippen LogP contribution in [0.15, 0.2) is 0 Å². The molecular weight excluding hydrogens is 562 g/mol. The topological polar surface area (TPSA) is 76.1 Å². The largest absolute Gasteiger partial charge is 0.465 e. The van der Waals surface area contributed by atoms with E-state index in [1.165, 1.54) is 103 Å². The predicted molar refractivity (Wildman–Crippen MR) is 193 cm³/mol. The Balaban J connectivity index is 0. The second-order valence-corrected chi connectivity index (χ2v) is 13.1. The molecule has 0 fully saturated rings. The molecule has 0 saturated heterocycles. The molecule has 45 heavy (non-hydrogen) atoms. The Kier molecular flexibility index (Phi) is 39.9. The summed E-state index contributed by atoms with van der Waals surface area (Å²) in [7, 11) is 0. The number of esters is 1. The van der Waals surface area contributed by atoms with E-state index >= 15 is 0 Å². The van der Waals surface area contributed by atoms with Crippen molar-refractivity contribution in [2.75, 3.05) is 26.2 Å². The molecule has 0 heterocycles. The highest BCUT2D eigenvalue weighted by Crippen LogP contribution is 2.16. The molecule has 0 aliphatic carbocycles. The summed E-state index contributed by atoms with van der Waals surface area (Å²) in [6.45, 7) is 14.9. The van der Waals surface area contributed by atoms with Gasteiger partial charge in [0.15, 0.2) is 0 Å². The SMILES string of the molecule is CCCCCC(CCCC)OC=O.CCCCCCCCN(CCO)CCCCCCCC(=O)OC(CCCC)CCCCC. The highest BCUT2D eigenvalue weighted by molar-refractivity contribution is 5.69. The number of unbranched alkanes of at least 4 members (excludes halogenated alkanes) is 15. The summed E-state index contributed by atoms with van der Waals surface area (Å²) in [6, 6.07) is 0. The molecule has 0 aromatic heterocycles. The van der Waals surface area contributed by atoms with E-state index in [4.69, 9.17) is 9.47 Å². The molecule has 0 amide bonds. The molecule has 0 bridgehead atoms. The van der Waals surface area contributed by atoms with Gasteiger partial charge in [0.2, 0.25) is 0 Å². The number of carbonyl (C=O) groups excluding carboxylic acids is 2. The number of hydrogen-bond donors (Lipinski definition) is 1. The summed E-state index contributed by atoms with van der Waals surface area (Å²) in [5, 5.41) is 9.32. The Bertz CT molecular complexity index is 588. The van der Waals surface area contributed by atoms with Crippen LogP contribution in [-0.4, -0.2) is 60.9 Å². The van der Waals surface area contributed by atoms with Crippen LogP contribution in [-0.2, 0) is 19.1 Å². The number of ether oxygens (including phenoxy) is 2. The van der Waals surface area contributed by atoms with Crippen LogP contribution in [0, 0.1) is 0 Å². The predicted octanol–water partition coefficient (Wildman–Crippen LogP) is 11.0. The summed E-state index contributed by atoms with van der Waals surface area (Å²) in [4.78, 5) is 24.8. The van der Waals surface area contributed by atoms with Crippen LogP contribution in [0.25, 0.3) is 0 Å². The smallest absolute Gasteiger partial charge is 0.306 e. The molecule has 1 N–H and O–H groups in total. The second-order valence-electron chi connectivity index (χ2n) is 13.1. The molecule has 0 aliphatic heterocycles. The lowest BCUT2D eigenvalue weighted by Crippen LogP contribution is -2.29. The maximum Gasteiger partial charge on any atom is 0.306 e. The van der Waals surface area contributed by atoms with E-state index in [1.807, 2.05) is 0 Å². The third-order valence-electron chi connectivity index (χ3n) is 8.66. The quantitative estimate of drug-likeness (QED) is 0.0428. The summed E-state index contributed by atoms with van der Waals surface area (Å²) >= 11 is 0. The number of nitrogens with zero attached hydrogens (tertiary/aromatic N) is 1. The van der Waals surface area contributed by atoms with Gasteiger partial charge in [0, 0.05) is 13.0 Å². The van der Waals surface area contributed by atoms with E-state index in [0.717, 1.165) is 77.4 Å². The Labute approximate surface area is 281 Å². The highest BCUT2D eigenvalue weighted by Gasteiger charge is 2.14. The van der Waals surface area contributed by atoms with Crippen molar-refractivity contribution in [1.29, 1.82) is 0 Å². The molecule has 0 aromatic carbocycles. The first-order valence-electron chi connectivity index (χ1n) is 19.6. The van der Waals surface area contributed by atoms with Gasteiger partial charge in [0.1, 0.15) is 12.2 Å². The van der Waals surface area contributed by atoms with Gasteiger partial charge in [-0.25, -0.2) is 0 Å². The zero-order valence-corrected chi connectivity index (χ0v) is 31.0. The van der Waals surface area contributed by atoms with Gasteiger partial charge in [-0.05, 0) is 70.9 Å². The van der Waals surface area contributed by atoms with Crippen LogP contribution in [0.4, 0.5) is 0 Å². The average molecular weight is 642 g/mol. The minimum Gasteiger partial charge on any atom is -0.465 e. The normalized spacial score (nSPS) is 12.4. The maximum atomic E-state index is 12.2. The van der Waals surface area contributed by atoms with Crippen molar-refractivity contribution in [3.8, 4) is 0 Å². The van der Waals surface area contributed by atoms with Gasteiger partial charge < -0.3 is 19.5 Å². The van der Waals surface area contributed by atoms with E-state index in [0.29, 0.717) is 12.9 Å². The standard InChI is InChI=1S/C28H57NO3.C11H22O2/c1-4-7-10-11-14-18-23-29(25-26-30)24-19-15-12-13-17-22-28(31)32-27(20-9-6-3)21-16-8-5-2;1-3-5-7-9-11(13-10-12)8-6-4-2/h27,30H,4-26H2,1-3H3;10-11H,3-9H2,1-2H3. The van der Waals surface area contributed by atoms with Crippen LogP contribution in [0.1, 0.15) is 202 Å². The molecule has 0 saturated carbocycles. The first kappa shape index (κ1) is 46.0. The molecular formula is C39H79NO5. The Morgan fingerprint density at radius 2 is 0.978 bits per heavy atom. The third-order valence-corrected chi connectivity index (χ3v) is 8.66. The van der Waals surface area contributed by atoms with Crippen molar-refractivity contribution < 1.29 is 24.2 Å². The summed E-state index contributed by atoms with van der Waals surface area (Å²) < 4.78 is 10.8. The molecule has 2 unspecified atom stereocenters. The van der Waals surface area contributed by atoms with E-state index in [2.05, 4.69) is 39.5 Å². The van der Waals surface area contributed by atoms with E-state index < -0.39 is 0 Å². The monoisotopic (exact) mass is 642 g/mol. The van der Waals surface area contributed by atoms with E-state index in [-0.39, 0.29) is 24.8 Å². The summed E-state index contributed by atoms with van der Waals surface area (Å²) in [5.74, 6) is 0.00987. The molecule has 0 rings (SSSR count). The van der Waals surface area contributed by atoms with Crippen molar-refractivity contribution >= 4 is 12.4 Å². The molecule has 0 aliphatic rings. The van der Waals surface area contributed by atoms with Gasteiger partial charge in [-0.15, -0.1) is 0 Å². The first-order valence-corrected chi connectivity index (χ1v) is 19.6. The van der Waals surface area contributed by atoms with Crippen molar-refractivity contribution in [3.63, 3.8) is 0 Å². The lowest BCUT2D eigenvalue weighted by atomic mass is 10.1. The molecule has 270 valence electrons. The number of rotatable bonds is 34. The highest BCUT2D eigenvalue weighted by atomic mass is 16.5. The summed E-state index contributed by atoms with van der Waals surface area (Å²) in [5.41, 5.74) is 0. The van der Waals surface area contributed by atoms with Gasteiger partial charge in [0.05, 0.1) is 6.61 Å². The lowest BCUT2D eigenvalue weighted by molar-refractivity contribution is -0.150. The summed E-state index contributed by atoms with van der Waals surface area (Å²) in [6.07, 6.45) is 30.5. The third kappa shape index (κ3) is 35.6. The van der Waals surface area contributed by atoms with Crippen LogP contribution < -0.4 is 0 Å². The van der Waals surface area contributed by atoms with E-state index in [9.17, 15) is 14.7 Å². The molecule has 6 nitrogen and oxygen atoms in total. The molecule has 0 radical (unpaired) electrons. The Hall–Kier alpha value is -1.14. The number of aliphatic hydroxyl groups excluding tert-OH is 1. The Morgan fingerprint density at radius 1 is 0.556 bits per heavy atom. The second kappa shape index (κ2) is 39.0. The van der Waals surface area contributed by atoms with Crippen LogP contribution >= 0.6 is 0 Å². The van der Waals surface area contributed by atoms with Crippen LogP contribution in [0.3, 0.4) is 0 Å². The van der Waals surface area contributed by atoms with Crippen molar-refractivity contribution in [2.45, 2.75) is 214 Å². The molecule has 0 aromatic rings. The van der Waals surface area contributed by atoms with Gasteiger partial charge in [0.25, 0.3) is 6.47 Å². The number of hydrogen-bond acceptors (Lipinski definition) is 6. The van der Waals surface area contributed by atoms with Gasteiger partial charge >= 0.3 is 5.97 Å². The number of aliphatic hydroxyl groups is 1. The van der Waals surface area contributed by atoms with Gasteiger partial charge in [-0.1, -0.05) is 137 Å². The first-order chi connectivity index (χ1) is 22.0. The number of carbonyl (C=O) groups is 2. The Morgan fingerprint density at radius 3 is 1.49 bits per heavy atom. The maximum absolute atomic E-state index is 12.2. The fourth-order valence-electron chi connectivity index (χ4n) is 5.70. The minimum atomic E-state index is 0.00987.